The van der Waals surface area contributed by atoms with Crippen LogP contribution in [0.4, 0.5) is 4.79 Å². The third-order valence-corrected chi connectivity index (χ3v) is 2.99. The molecule has 0 atom stereocenters. The summed E-state index contributed by atoms with van der Waals surface area (Å²) in [5.41, 5.74) is 0.105. The largest absolute Gasteiger partial charge is 0.449 e. The molecule has 1 aliphatic carbocycles. The van der Waals surface area contributed by atoms with Crippen LogP contribution < -0.4 is 5.32 Å². The van der Waals surface area contributed by atoms with Crippen molar-refractivity contribution in [2.75, 3.05) is 6.61 Å². The third-order valence-electron chi connectivity index (χ3n) is 2.99. The minimum atomic E-state index is -0.219. The minimum absolute atomic E-state index is 0.105. The van der Waals surface area contributed by atoms with Gasteiger partial charge in [-0.15, -0.1) is 0 Å². The molecule has 1 N–H and O–H groups in total. The highest BCUT2D eigenvalue weighted by molar-refractivity contribution is 5.69. The van der Waals surface area contributed by atoms with Gasteiger partial charge in [0, 0.05) is 12.0 Å². The van der Waals surface area contributed by atoms with Crippen molar-refractivity contribution < 1.29 is 9.53 Å². The zero-order chi connectivity index (χ0) is 8.44. The van der Waals surface area contributed by atoms with Crippen LogP contribution in [0.3, 0.4) is 0 Å². The molecule has 1 saturated heterocycles. The van der Waals surface area contributed by atoms with Gasteiger partial charge in [-0.3, -0.25) is 0 Å². The van der Waals surface area contributed by atoms with E-state index in [1.54, 1.807) is 0 Å². The van der Waals surface area contributed by atoms with Crippen molar-refractivity contribution in [2.45, 2.75) is 44.1 Å². The summed E-state index contributed by atoms with van der Waals surface area (Å²) >= 11 is 0. The van der Waals surface area contributed by atoms with Crippen molar-refractivity contribution in [1.29, 1.82) is 0 Å². The van der Waals surface area contributed by atoms with Crippen molar-refractivity contribution >= 4 is 6.09 Å². The second-order valence-electron chi connectivity index (χ2n) is 3.85. The van der Waals surface area contributed by atoms with Crippen LogP contribution in [0.1, 0.15) is 38.5 Å². The van der Waals surface area contributed by atoms with E-state index in [4.69, 9.17) is 4.74 Å². The average Bonchev–Trinajstić information content (AvgIpc) is 2.05. The number of cyclic esters (lactones) is 1. The predicted octanol–water partition coefficient (Wildman–Crippen LogP) is 1.82. The lowest BCUT2D eigenvalue weighted by molar-refractivity contribution is 0.0715. The van der Waals surface area contributed by atoms with Crippen molar-refractivity contribution in [3.8, 4) is 0 Å². The number of alkyl carbamates (subject to hydrolysis) is 1. The van der Waals surface area contributed by atoms with E-state index in [9.17, 15) is 4.79 Å². The molecular formula is C9H15NO2. The Morgan fingerprint density at radius 2 is 1.92 bits per heavy atom. The van der Waals surface area contributed by atoms with Crippen LogP contribution in [0, 0.1) is 0 Å². The molecule has 1 amide bonds. The van der Waals surface area contributed by atoms with Gasteiger partial charge in [0.25, 0.3) is 0 Å². The maximum atomic E-state index is 11.0. The van der Waals surface area contributed by atoms with E-state index in [2.05, 4.69) is 5.32 Å². The van der Waals surface area contributed by atoms with Crippen LogP contribution in [0.2, 0.25) is 0 Å². The second-order valence-corrected chi connectivity index (χ2v) is 3.85. The van der Waals surface area contributed by atoms with E-state index in [-0.39, 0.29) is 11.6 Å². The van der Waals surface area contributed by atoms with E-state index in [1.807, 2.05) is 0 Å². The van der Waals surface area contributed by atoms with Crippen LogP contribution in [0.5, 0.6) is 0 Å². The number of carbonyl (C=O) groups is 1. The summed E-state index contributed by atoms with van der Waals surface area (Å²) in [5, 5.41) is 2.97. The topological polar surface area (TPSA) is 38.3 Å². The molecule has 0 radical (unpaired) electrons. The number of nitrogens with one attached hydrogen (secondary N) is 1. The molecule has 2 aliphatic rings. The molecule has 12 heavy (non-hydrogen) atoms. The van der Waals surface area contributed by atoms with E-state index in [0.717, 1.165) is 19.3 Å². The predicted molar refractivity (Wildman–Crippen MR) is 44.9 cm³/mol. The number of rotatable bonds is 0. The number of hydrogen-bond donors (Lipinski definition) is 1. The first-order valence-corrected chi connectivity index (χ1v) is 4.76. The van der Waals surface area contributed by atoms with Crippen molar-refractivity contribution in [3.63, 3.8) is 0 Å². The minimum Gasteiger partial charge on any atom is -0.449 e. The molecular weight excluding hydrogens is 154 g/mol. The Morgan fingerprint density at radius 3 is 2.58 bits per heavy atom. The van der Waals surface area contributed by atoms with Gasteiger partial charge in [0.2, 0.25) is 0 Å². The fourth-order valence-electron chi connectivity index (χ4n) is 2.26. The Kier molecular flexibility index (Phi) is 1.95. The second kappa shape index (κ2) is 2.96. The van der Waals surface area contributed by atoms with E-state index in [1.165, 1.54) is 19.3 Å². The van der Waals surface area contributed by atoms with Crippen molar-refractivity contribution in [1.82, 2.24) is 5.32 Å². The first kappa shape index (κ1) is 7.90. The Morgan fingerprint density at radius 1 is 1.17 bits per heavy atom. The fourth-order valence-corrected chi connectivity index (χ4v) is 2.26. The SMILES string of the molecule is O=C1NC2(CCCCC2)CCO1. The summed E-state index contributed by atoms with van der Waals surface area (Å²) in [5.74, 6) is 0. The zero-order valence-electron chi connectivity index (χ0n) is 7.27. The maximum Gasteiger partial charge on any atom is 0.407 e. The van der Waals surface area contributed by atoms with Crippen LogP contribution in [0.15, 0.2) is 0 Å². The normalized spacial score (nSPS) is 27.8. The lowest BCUT2D eigenvalue weighted by Gasteiger charge is -2.40. The summed E-state index contributed by atoms with van der Waals surface area (Å²) in [6.07, 6.45) is 6.88. The molecule has 1 spiro atoms. The zero-order valence-corrected chi connectivity index (χ0v) is 7.27. The standard InChI is InChI=1S/C9H15NO2/c11-8-10-9(6-7-12-8)4-2-1-3-5-9/h1-7H2,(H,10,11). The summed E-state index contributed by atoms with van der Waals surface area (Å²) < 4.78 is 4.86. The van der Waals surface area contributed by atoms with Crippen LogP contribution in [-0.2, 0) is 4.74 Å². The van der Waals surface area contributed by atoms with E-state index < -0.39 is 0 Å². The first-order valence-electron chi connectivity index (χ1n) is 4.76. The van der Waals surface area contributed by atoms with Gasteiger partial charge in [-0.1, -0.05) is 19.3 Å². The van der Waals surface area contributed by atoms with Gasteiger partial charge in [-0.25, -0.2) is 4.79 Å². The molecule has 1 saturated carbocycles. The highest BCUT2D eigenvalue weighted by Crippen LogP contribution is 2.32. The van der Waals surface area contributed by atoms with Crippen LogP contribution in [-0.4, -0.2) is 18.2 Å². The van der Waals surface area contributed by atoms with Crippen molar-refractivity contribution in [3.05, 3.63) is 0 Å². The van der Waals surface area contributed by atoms with Gasteiger partial charge in [-0.2, -0.15) is 0 Å². The monoisotopic (exact) mass is 169 g/mol. The van der Waals surface area contributed by atoms with Crippen LogP contribution in [0.25, 0.3) is 0 Å². The fraction of sp³-hybridized carbons (Fsp3) is 0.889. The highest BCUT2D eigenvalue weighted by atomic mass is 16.6. The first-order chi connectivity index (χ1) is 5.81. The Hall–Kier alpha value is -0.730. The smallest absolute Gasteiger partial charge is 0.407 e. The molecule has 0 bridgehead atoms. The molecule has 68 valence electrons. The number of hydrogen-bond acceptors (Lipinski definition) is 2. The molecule has 0 unspecified atom stereocenters. The van der Waals surface area contributed by atoms with Gasteiger partial charge < -0.3 is 10.1 Å². The molecule has 1 aliphatic heterocycles. The van der Waals surface area contributed by atoms with Gasteiger partial charge in [0.1, 0.15) is 0 Å². The summed E-state index contributed by atoms with van der Waals surface area (Å²) in [4.78, 5) is 11.0. The highest BCUT2D eigenvalue weighted by Gasteiger charge is 2.36. The van der Waals surface area contributed by atoms with Gasteiger partial charge in [0.05, 0.1) is 6.61 Å². The summed E-state index contributed by atoms with van der Waals surface area (Å²) in [6, 6.07) is 0. The van der Waals surface area contributed by atoms with E-state index >= 15 is 0 Å². The van der Waals surface area contributed by atoms with Crippen molar-refractivity contribution in [2.24, 2.45) is 0 Å². The quantitative estimate of drug-likeness (QED) is 0.600. The third kappa shape index (κ3) is 1.40. The van der Waals surface area contributed by atoms with Gasteiger partial charge >= 0.3 is 6.09 Å². The molecule has 2 fully saturated rings. The molecule has 3 heteroatoms. The molecule has 0 aromatic rings. The van der Waals surface area contributed by atoms with Gasteiger partial charge in [0.15, 0.2) is 0 Å². The Bertz CT molecular complexity index is 179. The Labute approximate surface area is 72.5 Å². The maximum absolute atomic E-state index is 11.0. The number of amides is 1. The lowest BCUT2D eigenvalue weighted by atomic mass is 9.79. The summed E-state index contributed by atoms with van der Waals surface area (Å²) in [6.45, 7) is 0.603. The molecule has 0 aromatic carbocycles. The number of ether oxygens (including phenoxy) is 1. The number of carbonyl (C=O) groups excluding carboxylic acids is 1. The average molecular weight is 169 g/mol. The van der Waals surface area contributed by atoms with Gasteiger partial charge in [-0.05, 0) is 12.8 Å². The molecule has 1 heterocycles. The molecule has 3 nitrogen and oxygen atoms in total. The lowest BCUT2D eigenvalue weighted by Crippen LogP contribution is -2.54. The molecule has 0 aromatic heterocycles. The summed E-state index contributed by atoms with van der Waals surface area (Å²) in [7, 11) is 0. The van der Waals surface area contributed by atoms with E-state index in [0.29, 0.717) is 6.61 Å². The Balaban J connectivity index is 2.02. The van der Waals surface area contributed by atoms with Crippen LogP contribution >= 0.6 is 0 Å². The molecule has 2 rings (SSSR count).